The molecule has 0 radical (unpaired) electrons. The average molecular weight is 402 g/mol. The van der Waals surface area contributed by atoms with Crippen molar-refractivity contribution in [3.05, 3.63) is 50.1 Å². The molecule has 0 N–H and O–H groups in total. The van der Waals surface area contributed by atoms with Gasteiger partial charge in [0.05, 0.1) is 0 Å². The number of rotatable bonds is 5. The lowest BCUT2D eigenvalue weighted by Gasteiger charge is -2.29. The van der Waals surface area contributed by atoms with Gasteiger partial charge in [-0.25, -0.2) is 4.79 Å². The first-order chi connectivity index (χ1) is 13.5. The highest BCUT2D eigenvalue weighted by Gasteiger charge is 2.26. The Labute approximate surface area is 167 Å². The van der Waals surface area contributed by atoms with Crippen LogP contribution in [0.25, 0.3) is 11.2 Å². The fourth-order valence-electron chi connectivity index (χ4n) is 3.87. The predicted octanol–water partition coefficient (Wildman–Crippen LogP) is 3.28. The molecule has 1 aliphatic heterocycles. The third-order valence-electron chi connectivity index (χ3n) is 5.32. The van der Waals surface area contributed by atoms with Gasteiger partial charge in [0.2, 0.25) is 5.95 Å². The van der Waals surface area contributed by atoms with Crippen LogP contribution < -0.4 is 16.1 Å². The molecule has 148 valence electrons. The first-order valence-corrected chi connectivity index (χ1v) is 10.1. The third kappa shape index (κ3) is 3.03. The molecular formula is C20H24ClN5O2. The zero-order chi connectivity index (χ0) is 19.8. The Morgan fingerprint density at radius 1 is 1.18 bits per heavy atom. The van der Waals surface area contributed by atoms with Gasteiger partial charge in [-0.05, 0) is 31.0 Å². The Bertz CT molecular complexity index is 1140. The highest BCUT2D eigenvalue weighted by atomic mass is 35.5. The van der Waals surface area contributed by atoms with E-state index in [0.717, 1.165) is 37.9 Å². The molecule has 1 aromatic carbocycles. The molecule has 0 unspecified atom stereocenters. The largest absolute Gasteiger partial charge is 0.332 e. The highest BCUT2D eigenvalue weighted by Crippen LogP contribution is 2.32. The molecule has 0 amide bonds. The average Bonchev–Trinajstić information content (AvgIpc) is 3.09. The number of hydrogen-bond acceptors (Lipinski definition) is 4. The van der Waals surface area contributed by atoms with Crippen LogP contribution in [0.5, 0.6) is 0 Å². The summed E-state index contributed by atoms with van der Waals surface area (Å²) in [4.78, 5) is 32.7. The Kier molecular flexibility index (Phi) is 5.02. The molecule has 0 aliphatic carbocycles. The molecule has 3 aromatic rings. The lowest BCUT2D eigenvalue weighted by Crippen LogP contribution is -2.40. The van der Waals surface area contributed by atoms with Crippen molar-refractivity contribution in [2.24, 2.45) is 7.05 Å². The standard InChI is InChI=1S/C20H24ClN5O2/c1-3-4-5-10-26-18(27)16-17(23(2)20(26)28)22-19-24(11-7-12-25(16)19)15-9-6-8-14(21)13-15/h6,8-9,13H,3-5,7,10-12H2,1-2H3. The molecule has 7 nitrogen and oxygen atoms in total. The zero-order valence-corrected chi connectivity index (χ0v) is 16.9. The van der Waals surface area contributed by atoms with Crippen LogP contribution in [0.15, 0.2) is 33.9 Å². The molecular weight excluding hydrogens is 378 g/mol. The van der Waals surface area contributed by atoms with Crippen LogP contribution in [-0.4, -0.2) is 25.2 Å². The summed E-state index contributed by atoms with van der Waals surface area (Å²) >= 11 is 6.17. The van der Waals surface area contributed by atoms with Crippen molar-refractivity contribution in [1.29, 1.82) is 0 Å². The molecule has 2 aromatic heterocycles. The number of fused-ring (bicyclic) bond motifs is 3. The quantitative estimate of drug-likeness (QED) is 0.615. The summed E-state index contributed by atoms with van der Waals surface area (Å²) in [5.74, 6) is 0.682. The van der Waals surface area contributed by atoms with Crippen LogP contribution >= 0.6 is 11.6 Å². The fourth-order valence-corrected chi connectivity index (χ4v) is 4.06. The van der Waals surface area contributed by atoms with E-state index in [0.29, 0.717) is 35.2 Å². The number of nitrogens with zero attached hydrogens (tertiary/aromatic N) is 5. The summed E-state index contributed by atoms with van der Waals surface area (Å²) in [5.41, 5.74) is 1.31. The Morgan fingerprint density at radius 3 is 2.75 bits per heavy atom. The maximum Gasteiger partial charge on any atom is 0.332 e. The molecule has 0 saturated carbocycles. The minimum Gasteiger partial charge on any atom is -0.312 e. The van der Waals surface area contributed by atoms with E-state index < -0.39 is 0 Å². The first-order valence-electron chi connectivity index (χ1n) is 9.76. The summed E-state index contributed by atoms with van der Waals surface area (Å²) in [6.07, 6.45) is 3.71. The van der Waals surface area contributed by atoms with Crippen LogP contribution in [0.1, 0.15) is 32.6 Å². The van der Waals surface area contributed by atoms with Crippen molar-refractivity contribution in [2.45, 2.75) is 45.7 Å². The molecule has 0 saturated heterocycles. The minimum absolute atomic E-state index is 0.249. The second kappa shape index (κ2) is 7.47. The Morgan fingerprint density at radius 2 is 2.00 bits per heavy atom. The van der Waals surface area contributed by atoms with Crippen molar-refractivity contribution in [3.8, 4) is 0 Å². The monoisotopic (exact) mass is 401 g/mol. The minimum atomic E-state index is -0.307. The van der Waals surface area contributed by atoms with Gasteiger partial charge in [0, 0.05) is 37.4 Å². The summed E-state index contributed by atoms with van der Waals surface area (Å²) in [6.45, 7) is 4.02. The number of imidazole rings is 1. The zero-order valence-electron chi connectivity index (χ0n) is 16.2. The highest BCUT2D eigenvalue weighted by molar-refractivity contribution is 6.30. The van der Waals surface area contributed by atoms with Crippen LogP contribution in [0.4, 0.5) is 11.6 Å². The lowest BCUT2D eigenvalue weighted by atomic mass is 10.2. The van der Waals surface area contributed by atoms with Gasteiger partial charge in [0.25, 0.3) is 5.56 Å². The van der Waals surface area contributed by atoms with Crippen LogP contribution in [0.2, 0.25) is 5.02 Å². The summed E-state index contributed by atoms with van der Waals surface area (Å²) < 4.78 is 4.78. The normalized spacial score (nSPS) is 13.9. The number of hydrogen-bond donors (Lipinski definition) is 0. The number of halogens is 1. The Hall–Kier alpha value is -2.54. The molecule has 4 rings (SSSR count). The predicted molar refractivity (Wildman–Crippen MR) is 112 cm³/mol. The number of aryl methyl sites for hydroxylation is 2. The first kappa shape index (κ1) is 18.8. The lowest BCUT2D eigenvalue weighted by molar-refractivity contribution is 0.546. The van der Waals surface area contributed by atoms with Gasteiger partial charge in [-0.2, -0.15) is 4.98 Å². The smallest absolute Gasteiger partial charge is 0.312 e. The number of unbranched alkanes of at least 4 members (excludes halogenated alkanes) is 2. The third-order valence-corrected chi connectivity index (χ3v) is 5.56. The van der Waals surface area contributed by atoms with E-state index in [9.17, 15) is 9.59 Å². The maximum atomic E-state index is 13.2. The fraction of sp³-hybridized carbons (Fsp3) is 0.450. The molecule has 0 fully saturated rings. The van der Waals surface area contributed by atoms with Gasteiger partial charge in [-0.3, -0.25) is 13.9 Å². The van der Waals surface area contributed by atoms with Crippen molar-refractivity contribution >= 4 is 34.4 Å². The van der Waals surface area contributed by atoms with Crippen molar-refractivity contribution in [3.63, 3.8) is 0 Å². The van der Waals surface area contributed by atoms with Gasteiger partial charge in [0.1, 0.15) is 0 Å². The molecule has 0 atom stereocenters. The Balaban J connectivity index is 1.90. The van der Waals surface area contributed by atoms with Crippen LogP contribution in [0.3, 0.4) is 0 Å². The van der Waals surface area contributed by atoms with Crippen LogP contribution in [0, 0.1) is 0 Å². The molecule has 1 aliphatic rings. The van der Waals surface area contributed by atoms with Gasteiger partial charge in [-0.1, -0.05) is 37.4 Å². The summed E-state index contributed by atoms with van der Waals surface area (Å²) in [7, 11) is 1.68. The van der Waals surface area contributed by atoms with Crippen molar-refractivity contribution in [2.75, 3.05) is 11.4 Å². The van der Waals surface area contributed by atoms with E-state index in [1.54, 1.807) is 7.05 Å². The van der Waals surface area contributed by atoms with Crippen molar-refractivity contribution < 1.29 is 0 Å². The van der Waals surface area contributed by atoms with Gasteiger partial charge >= 0.3 is 5.69 Å². The summed E-state index contributed by atoms with van der Waals surface area (Å²) in [5, 5.41) is 0.649. The van der Waals surface area contributed by atoms with Gasteiger partial charge in [0.15, 0.2) is 11.2 Å². The van der Waals surface area contributed by atoms with E-state index in [1.165, 1.54) is 9.13 Å². The molecule has 28 heavy (non-hydrogen) atoms. The number of aromatic nitrogens is 4. The SMILES string of the molecule is CCCCCn1c(=O)c2c(nc3n2CCCN3c2cccc(Cl)c2)n(C)c1=O. The van der Waals surface area contributed by atoms with E-state index in [4.69, 9.17) is 16.6 Å². The van der Waals surface area contributed by atoms with E-state index in [2.05, 4.69) is 11.8 Å². The van der Waals surface area contributed by atoms with E-state index in [1.807, 2.05) is 28.8 Å². The topological polar surface area (TPSA) is 65.1 Å². The van der Waals surface area contributed by atoms with E-state index >= 15 is 0 Å². The van der Waals surface area contributed by atoms with Crippen LogP contribution in [-0.2, 0) is 20.1 Å². The van der Waals surface area contributed by atoms with Gasteiger partial charge in [-0.15, -0.1) is 0 Å². The molecule has 0 bridgehead atoms. The number of benzene rings is 1. The second-order valence-electron chi connectivity index (χ2n) is 7.23. The summed E-state index contributed by atoms with van der Waals surface area (Å²) in [6, 6.07) is 7.59. The van der Waals surface area contributed by atoms with Crippen molar-refractivity contribution in [1.82, 2.24) is 18.7 Å². The molecule has 8 heteroatoms. The van der Waals surface area contributed by atoms with Gasteiger partial charge < -0.3 is 9.47 Å². The number of anilines is 2. The van der Waals surface area contributed by atoms with E-state index in [-0.39, 0.29) is 11.2 Å². The second-order valence-corrected chi connectivity index (χ2v) is 7.66. The molecule has 0 spiro atoms. The molecule has 3 heterocycles. The maximum absolute atomic E-state index is 13.2.